The van der Waals surface area contributed by atoms with Crippen LogP contribution in [0.1, 0.15) is 18.0 Å². The second-order valence-electron chi connectivity index (χ2n) is 3.05. The summed E-state index contributed by atoms with van der Waals surface area (Å²) in [6.07, 6.45) is 1.13. The maximum absolute atomic E-state index is 4.98. The lowest BCUT2D eigenvalue weighted by molar-refractivity contribution is 0.0583. The van der Waals surface area contributed by atoms with E-state index in [1.807, 2.05) is 11.8 Å². The van der Waals surface area contributed by atoms with E-state index in [2.05, 4.69) is 29.7 Å². The summed E-state index contributed by atoms with van der Waals surface area (Å²) in [5.41, 5.74) is 4.39. The molecule has 1 heterocycles. The number of rotatable bonds is 2. The molecular formula is C10H13NOS. The van der Waals surface area contributed by atoms with Crippen molar-refractivity contribution in [3.63, 3.8) is 0 Å². The molecule has 1 aromatic rings. The Morgan fingerprint density at radius 2 is 2.31 bits per heavy atom. The van der Waals surface area contributed by atoms with Crippen molar-refractivity contribution >= 4 is 11.8 Å². The first-order valence-electron chi connectivity index (χ1n) is 4.42. The highest BCUT2D eigenvalue weighted by atomic mass is 32.2. The molecule has 0 amide bonds. The monoisotopic (exact) mass is 195 g/mol. The molecule has 0 saturated heterocycles. The smallest absolute Gasteiger partial charge is 0.0590 e. The van der Waals surface area contributed by atoms with Gasteiger partial charge in [0.25, 0.3) is 0 Å². The van der Waals surface area contributed by atoms with Gasteiger partial charge in [-0.15, -0.1) is 11.8 Å². The van der Waals surface area contributed by atoms with Crippen LogP contribution in [0.3, 0.4) is 0 Å². The summed E-state index contributed by atoms with van der Waals surface area (Å²) in [4.78, 5) is 6.36. The minimum Gasteiger partial charge on any atom is -0.305 e. The summed E-state index contributed by atoms with van der Waals surface area (Å²) in [7, 11) is 1.67. The fourth-order valence-electron chi connectivity index (χ4n) is 1.61. The topological polar surface area (TPSA) is 21.3 Å². The summed E-state index contributed by atoms with van der Waals surface area (Å²) < 4.78 is 0. The van der Waals surface area contributed by atoms with E-state index in [0.29, 0.717) is 6.04 Å². The van der Waals surface area contributed by atoms with Crippen molar-refractivity contribution in [3.8, 4) is 0 Å². The standard InChI is InChI=1S/C10H13NOS/c1-12-11-9-6-7-13-10-5-3-2-4-8(9)10/h2-5,9,11H,6-7H2,1H3. The van der Waals surface area contributed by atoms with E-state index >= 15 is 0 Å². The van der Waals surface area contributed by atoms with E-state index in [1.165, 1.54) is 10.5 Å². The normalized spacial score (nSPS) is 21.2. The zero-order valence-electron chi connectivity index (χ0n) is 7.62. The molecule has 1 aliphatic rings. The fourth-order valence-corrected chi connectivity index (χ4v) is 2.73. The lowest BCUT2D eigenvalue weighted by Crippen LogP contribution is -2.23. The van der Waals surface area contributed by atoms with Gasteiger partial charge in [-0.25, -0.2) is 0 Å². The molecule has 2 nitrogen and oxygen atoms in total. The molecule has 0 spiro atoms. The van der Waals surface area contributed by atoms with Gasteiger partial charge in [-0.2, -0.15) is 5.48 Å². The highest BCUT2D eigenvalue weighted by molar-refractivity contribution is 7.99. The summed E-state index contributed by atoms with van der Waals surface area (Å²) in [6, 6.07) is 8.86. The third-order valence-corrected chi connectivity index (χ3v) is 3.34. The fraction of sp³-hybridized carbons (Fsp3) is 0.400. The molecule has 3 heteroatoms. The Hall–Kier alpha value is -0.510. The number of fused-ring (bicyclic) bond motifs is 1. The minimum absolute atomic E-state index is 0.363. The zero-order valence-corrected chi connectivity index (χ0v) is 8.43. The number of nitrogens with one attached hydrogen (secondary N) is 1. The average molecular weight is 195 g/mol. The Morgan fingerprint density at radius 3 is 3.15 bits per heavy atom. The summed E-state index contributed by atoms with van der Waals surface area (Å²) in [5.74, 6) is 1.16. The summed E-state index contributed by atoms with van der Waals surface area (Å²) >= 11 is 1.92. The Balaban J connectivity index is 2.26. The number of hydrogen-bond donors (Lipinski definition) is 1. The number of thioether (sulfide) groups is 1. The minimum atomic E-state index is 0.363. The second kappa shape index (κ2) is 4.13. The SMILES string of the molecule is CONC1CCSc2ccccc21. The predicted octanol–water partition coefficient (Wildman–Crippen LogP) is 2.37. The van der Waals surface area contributed by atoms with Gasteiger partial charge in [0.2, 0.25) is 0 Å². The van der Waals surface area contributed by atoms with E-state index in [1.54, 1.807) is 7.11 Å². The van der Waals surface area contributed by atoms with E-state index in [9.17, 15) is 0 Å². The Kier molecular flexibility index (Phi) is 2.88. The molecule has 1 atom stereocenters. The van der Waals surface area contributed by atoms with Crippen LogP contribution in [0.15, 0.2) is 29.2 Å². The average Bonchev–Trinajstić information content (AvgIpc) is 2.19. The molecule has 2 rings (SSSR count). The van der Waals surface area contributed by atoms with Crippen LogP contribution in [-0.2, 0) is 4.84 Å². The van der Waals surface area contributed by atoms with Crippen LogP contribution in [0.2, 0.25) is 0 Å². The van der Waals surface area contributed by atoms with Gasteiger partial charge in [-0.05, 0) is 23.8 Å². The van der Waals surface area contributed by atoms with Gasteiger partial charge in [0.1, 0.15) is 0 Å². The van der Waals surface area contributed by atoms with Crippen LogP contribution in [-0.4, -0.2) is 12.9 Å². The summed E-state index contributed by atoms with van der Waals surface area (Å²) in [5, 5.41) is 0. The van der Waals surface area contributed by atoms with Crippen LogP contribution >= 0.6 is 11.8 Å². The first kappa shape index (κ1) is 9.06. The molecule has 0 fully saturated rings. The third kappa shape index (κ3) is 1.88. The maximum Gasteiger partial charge on any atom is 0.0590 e. The molecule has 1 aliphatic heterocycles. The van der Waals surface area contributed by atoms with E-state index in [0.717, 1.165) is 12.2 Å². The van der Waals surface area contributed by atoms with Gasteiger partial charge in [-0.3, -0.25) is 0 Å². The molecule has 0 saturated carbocycles. The van der Waals surface area contributed by atoms with Crippen molar-refractivity contribution in [1.29, 1.82) is 0 Å². The molecule has 1 aromatic carbocycles. The van der Waals surface area contributed by atoms with Crippen LogP contribution in [0.5, 0.6) is 0 Å². The molecule has 70 valence electrons. The van der Waals surface area contributed by atoms with Gasteiger partial charge >= 0.3 is 0 Å². The molecule has 0 bridgehead atoms. The first-order chi connectivity index (χ1) is 6.42. The van der Waals surface area contributed by atoms with Gasteiger partial charge in [-0.1, -0.05) is 18.2 Å². The van der Waals surface area contributed by atoms with E-state index < -0.39 is 0 Å². The number of hydroxylamine groups is 1. The van der Waals surface area contributed by atoms with Gasteiger partial charge in [0.15, 0.2) is 0 Å². The van der Waals surface area contributed by atoms with Gasteiger partial charge < -0.3 is 4.84 Å². The molecule has 0 radical (unpaired) electrons. The maximum atomic E-state index is 4.98. The summed E-state index contributed by atoms with van der Waals surface area (Å²) in [6.45, 7) is 0. The molecule has 1 N–H and O–H groups in total. The van der Waals surface area contributed by atoms with E-state index in [-0.39, 0.29) is 0 Å². The van der Waals surface area contributed by atoms with Crippen LogP contribution in [0.25, 0.3) is 0 Å². The van der Waals surface area contributed by atoms with Crippen molar-refractivity contribution in [1.82, 2.24) is 5.48 Å². The van der Waals surface area contributed by atoms with E-state index in [4.69, 9.17) is 4.84 Å². The molecular weight excluding hydrogens is 182 g/mol. The quantitative estimate of drug-likeness (QED) is 0.732. The van der Waals surface area contributed by atoms with Crippen molar-refractivity contribution in [2.75, 3.05) is 12.9 Å². The highest BCUT2D eigenvalue weighted by Gasteiger charge is 2.19. The predicted molar refractivity (Wildman–Crippen MR) is 54.7 cm³/mol. The van der Waals surface area contributed by atoms with Gasteiger partial charge in [0.05, 0.1) is 13.2 Å². The van der Waals surface area contributed by atoms with Crippen molar-refractivity contribution < 1.29 is 4.84 Å². The van der Waals surface area contributed by atoms with Crippen molar-refractivity contribution in [2.45, 2.75) is 17.4 Å². The van der Waals surface area contributed by atoms with Crippen molar-refractivity contribution in [3.05, 3.63) is 29.8 Å². The van der Waals surface area contributed by atoms with Gasteiger partial charge in [0, 0.05) is 4.90 Å². The Morgan fingerprint density at radius 1 is 1.46 bits per heavy atom. The van der Waals surface area contributed by atoms with Crippen LogP contribution < -0.4 is 5.48 Å². The lowest BCUT2D eigenvalue weighted by Gasteiger charge is -2.24. The van der Waals surface area contributed by atoms with Crippen LogP contribution in [0.4, 0.5) is 0 Å². The molecule has 1 unspecified atom stereocenters. The molecule has 13 heavy (non-hydrogen) atoms. The number of hydrogen-bond acceptors (Lipinski definition) is 3. The lowest BCUT2D eigenvalue weighted by atomic mass is 10.1. The Bertz CT molecular complexity index is 290. The zero-order chi connectivity index (χ0) is 9.10. The second-order valence-corrected chi connectivity index (χ2v) is 4.19. The largest absolute Gasteiger partial charge is 0.305 e. The molecule has 0 aliphatic carbocycles. The first-order valence-corrected chi connectivity index (χ1v) is 5.40. The molecule has 0 aromatic heterocycles. The highest BCUT2D eigenvalue weighted by Crippen LogP contribution is 2.35. The number of benzene rings is 1. The Labute approximate surface area is 82.6 Å². The third-order valence-electron chi connectivity index (χ3n) is 2.22. The van der Waals surface area contributed by atoms with Crippen molar-refractivity contribution in [2.24, 2.45) is 0 Å². The van der Waals surface area contributed by atoms with Crippen LogP contribution in [0, 0.1) is 0 Å².